The molecule has 0 aromatic carbocycles. The van der Waals surface area contributed by atoms with E-state index in [1.54, 1.807) is 0 Å². The maximum Gasteiger partial charge on any atom is 0.326 e. The van der Waals surface area contributed by atoms with Gasteiger partial charge in [-0.3, -0.25) is 14.9 Å². The van der Waals surface area contributed by atoms with Gasteiger partial charge in [-0.25, -0.2) is 9.59 Å². The lowest BCUT2D eigenvalue weighted by molar-refractivity contribution is -0.141. The highest BCUT2D eigenvalue weighted by molar-refractivity contribution is 6.02. The highest BCUT2D eigenvalue weighted by Gasteiger charge is 2.42. The van der Waals surface area contributed by atoms with Crippen molar-refractivity contribution in [1.29, 1.82) is 0 Å². The first kappa shape index (κ1) is 13.3. The molecule has 9 heteroatoms. The molecule has 9 nitrogen and oxygen atoms in total. The van der Waals surface area contributed by atoms with E-state index in [4.69, 9.17) is 5.11 Å². The van der Waals surface area contributed by atoms with Gasteiger partial charge in [0.25, 0.3) is 0 Å². The molecule has 0 radical (unpaired) electrons. The van der Waals surface area contributed by atoms with Crippen LogP contribution >= 0.6 is 0 Å². The normalized spacial score (nSPS) is 27.4. The van der Waals surface area contributed by atoms with Crippen molar-refractivity contribution >= 4 is 23.8 Å². The average molecular weight is 271 g/mol. The van der Waals surface area contributed by atoms with E-state index in [1.807, 2.05) is 5.32 Å². The van der Waals surface area contributed by atoms with Gasteiger partial charge in [0.15, 0.2) is 0 Å². The van der Waals surface area contributed by atoms with Gasteiger partial charge in [0.05, 0.1) is 6.10 Å². The summed E-state index contributed by atoms with van der Waals surface area (Å²) in [5, 5.41) is 20.5. The first-order valence-electron chi connectivity index (χ1n) is 5.67. The summed E-state index contributed by atoms with van der Waals surface area (Å²) in [6.45, 7) is -0.727. The predicted octanol–water partition coefficient (Wildman–Crippen LogP) is -2.42. The Balaban J connectivity index is 2.12. The van der Waals surface area contributed by atoms with Crippen LogP contribution in [0.3, 0.4) is 0 Å². The Morgan fingerprint density at radius 2 is 1.79 bits per heavy atom. The van der Waals surface area contributed by atoms with Gasteiger partial charge < -0.3 is 20.0 Å². The summed E-state index contributed by atoms with van der Waals surface area (Å²) in [7, 11) is 0. The van der Waals surface area contributed by atoms with Crippen molar-refractivity contribution in [3.05, 3.63) is 0 Å². The van der Waals surface area contributed by atoms with Crippen LogP contribution in [0.15, 0.2) is 0 Å². The Morgan fingerprint density at radius 3 is 2.32 bits per heavy atom. The number of nitrogens with zero attached hydrogens (tertiary/aromatic N) is 2. The molecule has 4 amide bonds. The van der Waals surface area contributed by atoms with Crippen LogP contribution in [0.1, 0.15) is 6.42 Å². The molecule has 0 aliphatic carbocycles. The van der Waals surface area contributed by atoms with Gasteiger partial charge in [0.2, 0.25) is 11.8 Å². The molecule has 0 spiro atoms. The van der Waals surface area contributed by atoms with Crippen molar-refractivity contribution in [2.24, 2.45) is 0 Å². The van der Waals surface area contributed by atoms with Crippen LogP contribution in [0.25, 0.3) is 0 Å². The van der Waals surface area contributed by atoms with Crippen molar-refractivity contribution in [2.75, 3.05) is 19.6 Å². The Bertz CT molecular complexity index is 435. The zero-order chi connectivity index (χ0) is 14.2. The lowest BCUT2D eigenvalue weighted by atomic mass is 10.2. The van der Waals surface area contributed by atoms with E-state index < -0.39 is 36.0 Å². The highest BCUT2D eigenvalue weighted by atomic mass is 16.4. The number of aliphatic carboxylic acids is 1. The summed E-state index contributed by atoms with van der Waals surface area (Å²) in [6, 6.07) is -1.87. The molecule has 0 aromatic heterocycles. The van der Waals surface area contributed by atoms with E-state index in [-0.39, 0.29) is 26.1 Å². The third kappa shape index (κ3) is 2.65. The fraction of sp³-hybridized carbons (Fsp3) is 0.600. The van der Waals surface area contributed by atoms with E-state index in [2.05, 4.69) is 0 Å². The lowest BCUT2D eigenvalue weighted by Gasteiger charge is -2.31. The summed E-state index contributed by atoms with van der Waals surface area (Å²) >= 11 is 0. The third-order valence-corrected chi connectivity index (χ3v) is 3.03. The molecule has 0 aromatic rings. The number of aliphatic hydroxyl groups is 1. The molecule has 2 rings (SSSR count). The maximum atomic E-state index is 12.1. The summed E-state index contributed by atoms with van der Waals surface area (Å²) in [6.07, 6.45) is -0.978. The van der Waals surface area contributed by atoms with Crippen molar-refractivity contribution in [3.63, 3.8) is 0 Å². The van der Waals surface area contributed by atoms with E-state index in [1.165, 1.54) is 0 Å². The molecule has 19 heavy (non-hydrogen) atoms. The highest BCUT2D eigenvalue weighted by Crippen LogP contribution is 2.20. The van der Waals surface area contributed by atoms with Crippen LogP contribution < -0.4 is 5.32 Å². The molecular formula is C10H13N3O6. The molecule has 2 heterocycles. The molecule has 104 valence electrons. The molecule has 2 aliphatic rings. The van der Waals surface area contributed by atoms with E-state index in [0.717, 1.165) is 9.80 Å². The Labute approximate surface area is 107 Å². The molecule has 0 unspecified atom stereocenters. The zero-order valence-electron chi connectivity index (χ0n) is 9.90. The van der Waals surface area contributed by atoms with Crippen molar-refractivity contribution in [2.45, 2.75) is 18.6 Å². The standard InChI is InChI=1S/C10H13N3O6/c14-5-1-6(9(17)18)13(2-5)10(19)12-3-7(15)11-8(16)4-12/h5-6,14H,1-4H2,(H,17,18)(H,11,15,16)/t5-,6+/m1/s1. The van der Waals surface area contributed by atoms with Gasteiger partial charge >= 0.3 is 12.0 Å². The SMILES string of the molecule is O=C1CN(C(=O)N2C[C@H](O)C[C@H]2C(=O)O)CC(=O)N1. The van der Waals surface area contributed by atoms with Crippen LogP contribution in [-0.2, 0) is 14.4 Å². The number of rotatable bonds is 1. The van der Waals surface area contributed by atoms with Crippen LogP contribution in [0.2, 0.25) is 0 Å². The van der Waals surface area contributed by atoms with Crippen LogP contribution in [0, 0.1) is 0 Å². The molecule has 2 atom stereocenters. The minimum absolute atomic E-state index is 0.0605. The molecule has 2 aliphatic heterocycles. The number of carbonyl (C=O) groups is 4. The third-order valence-electron chi connectivity index (χ3n) is 3.03. The monoisotopic (exact) mass is 271 g/mol. The van der Waals surface area contributed by atoms with Crippen LogP contribution in [-0.4, -0.2) is 75.6 Å². The molecular weight excluding hydrogens is 258 g/mol. The quantitative estimate of drug-likeness (QED) is 0.456. The second kappa shape index (κ2) is 4.84. The average Bonchev–Trinajstić information content (AvgIpc) is 2.69. The van der Waals surface area contributed by atoms with E-state index in [0.29, 0.717) is 0 Å². The second-order valence-corrected chi connectivity index (χ2v) is 4.51. The van der Waals surface area contributed by atoms with Crippen LogP contribution in [0.4, 0.5) is 4.79 Å². The largest absolute Gasteiger partial charge is 0.480 e. The molecule has 2 saturated heterocycles. The van der Waals surface area contributed by atoms with Gasteiger partial charge in [-0.05, 0) is 0 Å². The summed E-state index contributed by atoms with van der Waals surface area (Å²) in [4.78, 5) is 47.4. The minimum Gasteiger partial charge on any atom is -0.480 e. The number of hydrogen-bond donors (Lipinski definition) is 3. The number of carbonyl (C=O) groups excluding carboxylic acids is 3. The fourth-order valence-electron chi connectivity index (χ4n) is 2.21. The second-order valence-electron chi connectivity index (χ2n) is 4.51. The Morgan fingerprint density at radius 1 is 1.21 bits per heavy atom. The number of likely N-dealkylation sites (tertiary alicyclic amines) is 1. The number of hydrogen-bond acceptors (Lipinski definition) is 5. The number of carboxylic acid groups (broad SMARTS) is 1. The summed E-state index contributed by atoms with van der Waals surface area (Å²) in [5.74, 6) is -2.45. The Kier molecular flexibility index (Phi) is 3.38. The zero-order valence-corrected chi connectivity index (χ0v) is 9.90. The number of aliphatic hydroxyl groups excluding tert-OH is 1. The number of imide groups is 1. The molecule has 3 N–H and O–H groups in total. The van der Waals surface area contributed by atoms with Gasteiger partial charge in [-0.15, -0.1) is 0 Å². The smallest absolute Gasteiger partial charge is 0.326 e. The van der Waals surface area contributed by atoms with Gasteiger partial charge in [-0.2, -0.15) is 0 Å². The van der Waals surface area contributed by atoms with Crippen molar-refractivity contribution in [3.8, 4) is 0 Å². The predicted molar refractivity (Wildman–Crippen MR) is 58.9 cm³/mol. The van der Waals surface area contributed by atoms with Crippen molar-refractivity contribution in [1.82, 2.24) is 15.1 Å². The number of nitrogens with one attached hydrogen (secondary N) is 1. The lowest BCUT2D eigenvalue weighted by Crippen LogP contribution is -2.57. The van der Waals surface area contributed by atoms with Crippen LogP contribution in [0.5, 0.6) is 0 Å². The topological polar surface area (TPSA) is 127 Å². The Hall–Kier alpha value is -2.16. The fourth-order valence-corrected chi connectivity index (χ4v) is 2.21. The van der Waals surface area contributed by atoms with Gasteiger partial charge in [0, 0.05) is 13.0 Å². The molecule has 0 saturated carbocycles. The maximum absolute atomic E-state index is 12.1. The number of β-amino-alcohol motifs (C(OH)–C–C–N with tert-alkyl or cyclic N) is 1. The van der Waals surface area contributed by atoms with E-state index in [9.17, 15) is 24.3 Å². The van der Waals surface area contributed by atoms with Crippen molar-refractivity contribution < 1.29 is 29.4 Å². The molecule has 0 bridgehead atoms. The number of amides is 4. The first-order valence-corrected chi connectivity index (χ1v) is 5.67. The first-order chi connectivity index (χ1) is 8.88. The van der Waals surface area contributed by atoms with E-state index >= 15 is 0 Å². The minimum atomic E-state index is -1.22. The summed E-state index contributed by atoms with van der Waals surface area (Å²) < 4.78 is 0. The number of urea groups is 1. The number of piperazine rings is 1. The molecule has 2 fully saturated rings. The number of carboxylic acids is 1. The van der Waals surface area contributed by atoms with Gasteiger partial charge in [-0.1, -0.05) is 0 Å². The van der Waals surface area contributed by atoms with Gasteiger partial charge in [0.1, 0.15) is 19.1 Å². The summed E-state index contributed by atoms with van der Waals surface area (Å²) in [5.41, 5.74) is 0.